The molecule has 1 aromatic rings. The fourth-order valence-electron chi connectivity index (χ4n) is 0.975. The molecule has 7 heteroatoms. The van der Waals surface area contributed by atoms with Crippen molar-refractivity contribution in [1.82, 2.24) is 9.55 Å². The van der Waals surface area contributed by atoms with Crippen LogP contribution in [0.1, 0.15) is 17.4 Å². The van der Waals surface area contributed by atoms with Crippen molar-refractivity contribution in [3.63, 3.8) is 0 Å². The summed E-state index contributed by atoms with van der Waals surface area (Å²) in [6, 6.07) is 0. The molecule has 0 unspecified atom stereocenters. The number of carbonyl (C=O) groups is 1. The van der Waals surface area contributed by atoms with Gasteiger partial charge in [0.15, 0.2) is 5.69 Å². The Bertz CT molecular complexity index is 455. The summed E-state index contributed by atoms with van der Waals surface area (Å²) in [5, 5.41) is 8.59. The third-order valence-corrected chi connectivity index (χ3v) is 2.02. The van der Waals surface area contributed by atoms with Crippen LogP contribution in [0.5, 0.6) is 5.75 Å². The Morgan fingerprint density at radius 3 is 2.73 bits per heavy atom. The zero-order valence-corrected chi connectivity index (χ0v) is 8.91. The summed E-state index contributed by atoms with van der Waals surface area (Å²) in [5.74, 6) is -1.64. The van der Waals surface area contributed by atoms with E-state index in [0.717, 1.165) is 4.57 Å². The Morgan fingerprint density at radius 2 is 2.27 bits per heavy atom. The van der Waals surface area contributed by atoms with Gasteiger partial charge >= 0.3 is 5.97 Å². The maximum Gasteiger partial charge on any atom is 0.358 e. The van der Waals surface area contributed by atoms with Crippen molar-refractivity contribution in [2.75, 3.05) is 6.61 Å². The minimum absolute atomic E-state index is 0.179. The van der Waals surface area contributed by atoms with Crippen LogP contribution in [0.25, 0.3) is 0 Å². The van der Waals surface area contributed by atoms with E-state index >= 15 is 0 Å². The van der Waals surface area contributed by atoms with Gasteiger partial charge in [-0.05, 0) is 18.5 Å². The third kappa shape index (κ3) is 2.10. The van der Waals surface area contributed by atoms with Crippen LogP contribution in [-0.2, 0) is 7.05 Å². The van der Waals surface area contributed by atoms with Crippen LogP contribution in [-0.4, -0.2) is 27.2 Å². The lowest BCUT2D eigenvalue weighted by Crippen LogP contribution is -2.24. The molecular formula is C8H9ClN2O4. The lowest BCUT2D eigenvalue weighted by molar-refractivity contribution is 0.0684. The van der Waals surface area contributed by atoms with Crippen molar-refractivity contribution in [2.45, 2.75) is 6.92 Å². The summed E-state index contributed by atoms with van der Waals surface area (Å²) in [5.41, 5.74) is -1.08. The van der Waals surface area contributed by atoms with Crippen molar-refractivity contribution >= 4 is 17.6 Å². The molecule has 1 rings (SSSR count). The number of hydrogen-bond acceptors (Lipinski definition) is 4. The van der Waals surface area contributed by atoms with Gasteiger partial charge in [-0.1, -0.05) is 0 Å². The van der Waals surface area contributed by atoms with Crippen LogP contribution in [0, 0.1) is 0 Å². The van der Waals surface area contributed by atoms with E-state index in [1.165, 1.54) is 7.05 Å². The second-order valence-corrected chi connectivity index (χ2v) is 3.00. The van der Waals surface area contributed by atoms with Crippen LogP contribution in [0.4, 0.5) is 0 Å². The Balaban J connectivity index is 3.51. The summed E-state index contributed by atoms with van der Waals surface area (Å²) in [4.78, 5) is 25.9. The Labute approximate surface area is 90.1 Å². The van der Waals surface area contributed by atoms with Crippen molar-refractivity contribution in [2.24, 2.45) is 7.05 Å². The molecule has 0 aromatic carbocycles. The molecule has 0 aliphatic heterocycles. The highest BCUT2D eigenvalue weighted by molar-refractivity contribution is 6.28. The molecule has 15 heavy (non-hydrogen) atoms. The summed E-state index contributed by atoms with van der Waals surface area (Å²) in [7, 11) is 1.38. The summed E-state index contributed by atoms with van der Waals surface area (Å²) >= 11 is 5.57. The lowest BCUT2D eigenvalue weighted by atomic mass is 10.3. The molecule has 0 spiro atoms. The molecule has 1 aromatic heterocycles. The van der Waals surface area contributed by atoms with Crippen LogP contribution in [0.15, 0.2) is 4.79 Å². The first kappa shape index (κ1) is 11.5. The monoisotopic (exact) mass is 232 g/mol. The van der Waals surface area contributed by atoms with E-state index in [9.17, 15) is 9.59 Å². The van der Waals surface area contributed by atoms with Gasteiger partial charge in [0.2, 0.25) is 11.0 Å². The molecule has 0 fully saturated rings. The molecule has 0 bridgehead atoms. The van der Waals surface area contributed by atoms with E-state index in [1.807, 2.05) is 0 Å². The quantitative estimate of drug-likeness (QED) is 0.769. The summed E-state index contributed by atoms with van der Waals surface area (Å²) in [6.45, 7) is 1.82. The maximum atomic E-state index is 11.6. The van der Waals surface area contributed by atoms with Gasteiger partial charge in [0, 0.05) is 7.05 Å². The molecule has 1 heterocycles. The fourth-order valence-corrected chi connectivity index (χ4v) is 1.14. The first-order valence-electron chi connectivity index (χ1n) is 4.11. The Kier molecular flexibility index (Phi) is 3.31. The normalized spacial score (nSPS) is 10.1. The standard InChI is InChI=1S/C8H9ClN2O4/c1-3-15-5-4(7(13)14)10-8(9)11(2)6(5)12/h3H2,1-2H3,(H,13,14). The van der Waals surface area contributed by atoms with Gasteiger partial charge in [-0.25, -0.2) is 9.78 Å². The van der Waals surface area contributed by atoms with Crippen LogP contribution >= 0.6 is 11.6 Å². The number of aromatic nitrogens is 2. The van der Waals surface area contributed by atoms with Gasteiger partial charge in [-0.2, -0.15) is 0 Å². The van der Waals surface area contributed by atoms with E-state index in [1.54, 1.807) is 6.92 Å². The Hall–Kier alpha value is -1.56. The first-order valence-corrected chi connectivity index (χ1v) is 4.49. The van der Waals surface area contributed by atoms with Gasteiger partial charge < -0.3 is 9.84 Å². The molecule has 0 atom stereocenters. The SMILES string of the molecule is CCOc1c(C(=O)O)nc(Cl)n(C)c1=O. The second kappa shape index (κ2) is 4.31. The van der Waals surface area contributed by atoms with E-state index in [0.29, 0.717) is 0 Å². The molecule has 0 radical (unpaired) electrons. The fraction of sp³-hybridized carbons (Fsp3) is 0.375. The number of carboxylic acids is 1. The molecule has 1 N–H and O–H groups in total. The van der Waals surface area contributed by atoms with Crippen molar-refractivity contribution in [1.29, 1.82) is 0 Å². The average Bonchev–Trinajstić information content (AvgIpc) is 2.18. The number of carboxylic acid groups (broad SMARTS) is 1. The van der Waals surface area contributed by atoms with Crippen molar-refractivity contribution in [3.8, 4) is 5.75 Å². The molecule has 6 nitrogen and oxygen atoms in total. The van der Waals surface area contributed by atoms with Crippen LogP contribution in [0.3, 0.4) is 0 Å². The molecular weight excluding hydrogens is 224 g/mol. The molecule has 0 amide bonds. The Morgan fingerprint density at radius 1 is 1.67 bits per heavy atom. The number of ether oxygens (including phenoxy) is 1. The number of hydrogen-bond donors (Lipinski definition) is 1. The zero-order valence-electron chi connectivity index (χ0n) is 8.15. The minimum Gasteiger partial charge on any atom is -0.486 e. The van der Waals surface area contributed by atoms with E-state index in [2.05, 4.69) is 4.98 Å². The van der Waals surface area contributed by atoms with E-state index < -0.39 is 17.2 Å². The summed E-state index contributed by atoms with van der Waals surface area (Å²) < 4.78 is 5.94. The van der Waals surface area contributed by atoms with Crippen LogP contribution in [0.2, 0.25) is 5.28 Å². The zero-order chi connectivity index (χ0) is 11.6. The van der Waals surface area contributed by atoms with Gasteiger partial charge in [-0.15, -0.1) is 0 Å². The number of nitrogens with zero attached hydrogens (tertiary/aromatic N) is 2. The molecule has 82 valence electrons. The average molecular weight is 233 g/mol. The van der Waals surface area contributed by atoms with Crippen molar-refractivity contribution < 1.29 is 14.6 Å². The van der Waals surface area contributed by atoms with E-state index in [-0.39, 0.29) is 17.6 Å². The highest BCUT2D eigenvalue weighted by Crippen LogP contribution is 2.13. The first-order chi connectivity index (χ1) is 6.99. The van der Waals surface area contributed by atoms with Crippen molar-refractivity contribution in [3.05, 3.63) is 21.3 Å². The van der Waals surface area contributed by atoms with Gasteiger partial charge in [0.05, 0.1) is 6.61 Å². The van der Waals surface area contributed by atoms with Gasteiger partial charge in [0.1, 0.15) is 0 Å². The third-order valence-electron chi connectivity index (χ3n) is 1.69. The molecule has 0 saturated carbocycles. The molecule has 0 aliphatic carbocycles. The van der Waals surface area contributed by atoms with Gasteiger partial charge in [0.25, 0.3) is 5.56 Å². The minimum atomic E-state index is -1.35. The van der Waals surface area contributed by atoms with Gasteiger partial charge in [-0.3, -0.25) is 9.36 Å². The maximum absolute atomic E-state index is 11.6. The smallest absolute Gasteiger partial charge is 0.358 e. The molecule has 0 aliphatic rings. The lowest BCUT2D eigenvalue weighted by Gasteiger charge is -2.08. The van der Waals surface area contributed by atoms with E-state index in [4.69, 9.17) is 21.4 Å². The summed E-state index contributed by atoms with van der Waals surface area (Å²) in [6.07, 6.45) is 0. The molecule has 0 saturated heterocycles. The second-order valence-electron chi connectivity index (χ2n) is 2.66. The predicted octanol–water partition coefficient (Wildman–Crippen LogP) is 0.531. The number of aromatic carboxylic acids is 1. The largest absolute Gasteiger partial charge is 0.486 e. The highest BCUT2D eigenvalue weighted by Gasteiger charge is 2.20. The predicted molar refractivity (Wildman–Crippen MR) is 52.6 cm³/mol. The highest BCUT2D eigenvalue weighted by atomic mass is 35.5. The number of rotatable bonds is 3. The topological polar surface area (TPSA) is 81.4 Å². The van der Waals surface area contributed by atoms with Crippen LogP contribution < -0.4 is 10.3 Å². The number of halogens is 1.